The summed E-state index contributed by atoms with van der Waals surface area (Å²) in [5, 5.41) is 11.7. The molecule has 0 unspecified atom stereocenters. The van der Waals surface area contributed by atoms with Gasteiger partial charge < -0.3 is 15.4 Å². The highest BCUT2D eigenvalue weighted by Crippen LogP contribution is 2.32. The Kier molecular flexibility index (Phi) is 7.48. The van der Waals surface area contributed by atoms with E-state index in [4.69, 9.17) is 10.5 Å². The normalized spacial score (nSPS) is 13.3. The summed E-state index contributed by atoms with van der Waals surface area (Å²) in [6.45, 7) is 3.53. The number of anilines is 3. The van der Waals surface area contributed by atoms with E-state index in [0.29, 0.717) is 25.2 Å². The van der Waals surface area contributed by atoms with Crippen molar-refractivity contribution in [3.8, 4) is 0 Å². The highest BCUT2D eigenvalue weighted by atomic mass is 16.6. The minimum Gasteiger partial charge on any atom is -0.383 e. The first kappa shape index (κ1) is 24.0. The van der Waals surface area contributed by atoms with E-state index in [1.807, 2.05) is 11.8 Å². The molecule has 0 radical (unpaired) electrons. The third kappa shape index (κ3) is 4.90. The van der Waals surface area contributed by atoms with Gasteiger partial charge in [-0.2, -0.15) is 0 Å². The number of nitrogens with one attached hydrogen (secondary N) is 1. The standard InChI is InChI=1S/C21H28N6O6/c1-3-8-26-18(22)17(19(28)23-21(26)30)25(11-12-33-2)20(29)14-6-7-15(16(13-14)27(31)32)24-9-4-5-10-24/h6-7,13H,3-5,8-12,22H2,1-2H3,(H,23,28,30). The summed E-state index contributed by atoms with van der Waals surface area (Å²) in [5.41, 5.74) is 4.73. The van der Waals surface area contributed by atoms with Crippen LogP contribution in [0.1, 0.15) is 36.5 Å². The van der Waals surface area contributed by atoms with Crippen molar-refractivity contribution in [1.82, 2.24) is 9.55 Å². The molecule has 178 valence electrons. The molecule has 0 aliphatic carbocycles. The Morgan fingerprint density at radius 3 is 2.61 bits per heavy atom. The summed E-state index contributed by atoms with van der Waals surface area (Å²) in [7, 11) is 1.43. The molecule has 1 fully saturated rings. The number of nitrogens with zero attached hydrogens (tertiary/aromatic N) is 4. The number of ether oxygens (including phenoxy) is 1. The lowest BCUT2D eigenvalue weighted by molar-refractivity contribution is -0.384. The number of benzene rings is 1. The van der Waals surface area contributed by atoms with E-state index in [0.717, 1.165) is 17.7 Å². The molecule has 3 N–H and O–H groups in total. The van der Waals surface area contributed by atoms with Crippen LogP contribution in [0.5, 0.6) is 0 Å². The number of hydrogen-bond donors (Lipinski definition) is 2. The number of aromatic nitrogens is 2. The Hall–Kier alpha value is -3.67. The fourth-order valence-corrected chi connectivity index (χ4v) is 3.97. The van der Waals surface area contributed by atoms with Crippen LogP contribution in [0.2, 0.25) is 0 Å². The molecule has 1 saturated heterocycles. The Labute approximate surface area is 189 Å². The molecule has 2 heterocycles. The van der Waals surface area contributed by atoms with E-state index < -0.39 is 22.1 Å². The topological polar surface area (TPSA) is 157 Å². The Morgan fingerprint density at radius 1 is 1.30 bits per heavy atom. The van der Waals surface area contributed by atoms with E-state index in [1.165, 1.54) is 23.8 Å². The average Bonchev–Trinajstić information content (AvgIpc) is 3.32. The quantitative estimate of drug-likeness (QED) is 0.419. The first-order valence-corrected chi connectivity index (χ1v) is 10.8. The van der Waals surface area contributed by atoms with Crippen LogP contribution in [0.25, 0.3) is 0 Å². The van der Waals surface area contributed by atoms with Gasteiger partial charge in [0.2, 0.25) is 0 Å². The van der Waals surface area contributed by atoms with Crippen molar-refractivity contribution in [3.63, 3.8) is 0 Å². The van der Waals surface area contributed by atoms with E-state index in [1.54, 1.807) is 6.07 Å². The maximum atomic E-state index is 13.5. The van der Waals surface area contributed by atoms with E-state index in [-0.39, 0.29) is 42.5 Å². The smallest absolute Gasteiger partial charge is 0.330 e. The first-order valence-electron chi connectivity index (χ1n) is 10.8. The number of carbonyl (C=O) groups excluding carboxylic acids is 1. The van der Waals surface area contributed by atoms with E-state index >= 15 is 0 Å². The summed E-state index contributed by atoms with van der Waals surface area (Å²) in [5.74, 6) is -0.819. The predicted molar refractivity (Wildman–Crippen MR) is 124 cm³/mol. The number of nitro groups is 1. The van der Waals surface area contributed by atoms with Crippen molar-refractivity contribution >= 4 is 28.8 Å². The number of rotatable bonds is 9. The molecule has 12 nitrogen and oxygen atoms in total. The van der Waals surface area contributed by atoms with Crippen molar-refractivity contribution in [2.75, 3.05) is 48.9 Å². The van der Waals surface area contributed by atoms with Gasteiger partial charge in [-0.15, -0.1) is 0 Å². The number of hydrogen-bond acceptors (Lipinski definition) is 8. The van der Waals surface area contributed by atoms with Gasteiger partial charge in [0.1, 0.15) is 11.5 Å². The van der Waals surface area contributed by atoms with Crippen molar-refractivity contribution < 1.29 is 14.5 Å². The highest BCUT2D eigenvalue weighted by molar-refractivity contribution is 6.08. The summed E-state index contributed by atoms with van der Waals surface area (Å²) < 4.78 is 6.26. The van der Waals surface area contributed by atoms with Gasteiger partial charge in [0.05, 0.1) is 11.5 Å². The molecule has 3 rings (SSSR count). The van der Waals surface area contributed by atoms with Gasteiger partial charge in [0, 0.05) is 44.9 Å². The van der Waals surface area contributed by atoms with Crippen LogP contribution in [0.15, 0.2) is 27.8 Å². The van der Waals surface area contributed by atoms with Gasteiger partial charge in [-0.05, 0) is 31.4 Å². The molecular formula is C21H28N6O6. The molecule has 0 atom stereocenters. The van der Waals surface area contributed by atoms with Crippen molar-refractivity contribution in [2.24, 2.45) is 0 Å². The maximum absolute atomic E-state index is 13.5. The zero-order valence-corrected chi connectivity index (χ0v) is 18.7. The van der Waals surface area contributed by atoms with Gasteiger partial charge in [-0.25, -0.2) is 4.79 Å². The van der Waals surface area contributed by atoms with Gasteiger partial charge in [-0.3, -0.25) is 34.2 Å². The largest absolute Gasteiger partial charge is 0.383 e. The molecule has 12 heteroatoms. The number of nitro benzene ring substituents is 1. The number of H-pyrrole nitrogens is 1. The number of nitrogens with two attached hydrogens (primary N) is 1. The summed E-state index contributed by atoms with van der Waals surface area (Å²) in [6.07, 6.45) is 2.46. The van der Waals surface area contributed by atoms with Gasteiger partial charge >= 0.3 is 5.69 Å². The lowest BCUT2D eigenvalue weighted by Gasteiger charge is -2.25. The number of nitrogen functional groups attached to an aromatic ring is 1. The molecule has 1 aromatic heterocycles. The number of methoxy groups -OCH3 is 1. The van der Waals surface area contributed by atoms with Crippen LogP contribution < -0.4 is 26.8 Å². The van der Waals surface area contributed by atoms with Gasteiger partial charge in [-0.1, -0.05) is 6.92 Å². The first-order chi connectivity index (χ1) is 15.8. The second-order valence-corrected chi connectivity index (χ2v) is 7.75. The molecule has 1 aromatic carbocycles. The summed E-state index contributed by atoms with van der Waals surface area (Å²) >= 11 is 0. The fourth-order valence-electron chi connectivity index (χ4n) is 3.97. The van der Waals surface area contributed by atoms with Crippen LogP contribution >= 0.6 is 0 Å². The molecule has 2 aromatic rings. The third-order valence-electron chi connectivity index (χ3n) is 5.56. The van der Waals surface area contributed by atoms with Crippen LogP contribution in [-0.2, 0) is 11.3 Å². The lowest BCUT2D eigenvalue weighted by Crippen LogP contribution is -2.42. The molecule has 1 aliphatic heterocycles. The molecule has 0 spiro atoms. The highest BCUT2D eigenvalue weighted by Gasteiger charge is 2.28. The monoisotopic (exact) mass is 460 g/mol. The molecule has 0 bridgehead atoms. The minimum absolute atomic E-state index is 0.0211. The second-order valence-electron chi connectivity index (χ2n) is 7.75. The Balaban J connectivity index is 2.09. The van der Waals surface area contributed by atoms with Gasteiger partial charge in [0.25, 0.3) is 17.2 Å². The fraction of sp³-hybridized carbons (Fsp3) is 0.476. The van der Waals surface area contributed by atoms with Crippen molar-refractivity contribution in [2.45, 2.75) is 32.7 Å². The Bertz CT molecular complexity index is 1150. The average molecular weight is 460 g/mol. The molecule has 1 amide bonds. The van der Waals surface area contributed by atoms with E-state index in [2.05, 4.69) is 4.98 Å². The van der Waals surface area contributed by atoms with Crippen LogP contribution in [0.3, 0.4) is 0 Å². The minimum atomic E-state index is -0.822. The zero-order valence-electron chi connectivity index (χ0n) is 18.7. The zero-order chi connectivity index (χ0) is 24.1. The number of aromatic amines is 1. The predicted octanol–water partition coefficient (Wildman–Crippen LogP) is 1.33. The van der Waals surface area contributed by atoms with Gasteiger partial charge in [0.15, 0.2) is 5.69 Å². The SMILES string of the molecule is CCCn1c(N)c(N(CCOC)C(=O)c2ccc(N3CCCC3)c([N+](=O)[O-])c2)c(=O)[nH]c1=O. The van der Waals surface area contributed by atoms with Crippen LogP contribution in [0, 0.1) is 10.1 Å². The van der Waals surface area contributed by atoms with E-state index in [9.17, 15) is 24.5 Å². The third-order valence-corrected chi connectivity index (χ3v) is 5.56. The lowest BCUT2D eigenvalue weighted by atomic mass is 10.1. The maximum Gasteiger partial charge on any atom is 0.330 e. The molecular weight excluding hydrogens is 432 g/mol. The molecule has 0 saturated carbocycles. The summed E-state index contributed by atoms with van der Waals surface area (Å²) in [6, 6.07) is 4.26. The summed E-state index contributed by atoms with van der Waals surface area (Å²) in [4.78, 5) is 54.7. The molecule has 1 aliphatic rings. The number of carbonyl (C=O) groups is 1. The number of amides is 1. The Morgan fingerprint density at radius 2 is 2.00 bits per heavy atom. The molecule has 33 heavy (non-hydrogen) atoms. The van der Waals surface area contributed by atoms with Crippen molar-refractivity contribution in [3.05, 3.63) is 54.7 Å². The van der Waals surface area contributed by atoms with Crippen LogP contribution in [0.4, 0.5) is 22.9 Å². The van der Waals surface area contributed by atoms with Crippen molar-refractivity contribution in [1.29, 1.82) is 0 Å². The van der Waals surface area contributed by atoms with Crippen LogP contribution in [-0.4, -0.2) is 53.7 Å². The second kappa shape index (κ2) is 10.3.